The predicted octanol–water partition coefficient (Wildman–Crippen LogP) is 1.02. The molecular weight excluding hydrogens is 376 g/mol. The Morgan fingerprint density at radius 3 is 2.00 bits per heavy atom. The summed E-state index contributed by atoms with van der Waals surface area (Å²) in [5, 5.41) is 5.06. The van der Waals surface area contributed by atoms with E-state index < -0.39 is 29.2 Å². The lowest BCUT2D eigenvalue weighted by molar-refractivity contribution is -0.144. The molecule has 2 aliphatic rings. The molecule has 0 spiro atoms. The first-order valence-corrected chi connectivity index (χ1v) is 10.2. The third kappa shape index (κ3) is 5.91. The average Bonchev–Trinajstić information content (AvgIpc) is 3.20. The zero-order chi connectivity index (χ0) is 22.0. The number of hydrogen-bond acceptors (Lipinski definition) is 6. The molecule has 29 heavy (non-hydrogen) atoms. The first kappa shape index (κ1) is 23.1. The highest BCUT2D eigenvalue weighted by molar-refractivity contribution is 6.02. The topological polar surface area (TPSA) is 108 Å². The molecule has 0 saturated carbocycles. The molecule has 164 valence electrons. The van der Waals surface area contributed by atoms with Gasteiger partial charge in [-0.05, 0) is 73.9 Å². The van der Waals surface area contributed by atoms with Gasteiger partial charge in [-0.3, -0.25) is 24.6 Å². The van der Waals surface area contributed by atoms with E-state index >= 15 is 0 Å². The summed E-state index contributed by atoms with van der Waals surface area (Å²) in [6.45, 7) is 9.58. The van der Waals surface area contributed by atoms with Gasteiger partial charge in [-0.15, -0.1) is 0 Å². The van der Waals surface area contributed by atoms with Crippen LogP contribution in [0.15, 0.2) is 0 Å². The molecule has 9 nitrogen and oxygen atoms in total. The van der Waals surface area contributed by atoms with Gasteiger partial charge in [0.2, 0.25) is 17.7 Å². The molecule has 0 aliphatic carbocycles. The van der Waals surface area contributed by atoms with Gasteiger partial charge < -0.3 is 15.0 Å². The summed E-state index contributed by atoms with van der Waals surface area (Å²) in [6.07, 6.45) is 2.07. The monoisotopic (exact) mass is 410 g/mol. The second-order valence-electron chi connectivity index (χ2n) is 9.40. The third-order valence-corrected chi connectivity index (χ3v) is 5.23. The van der Waals surface area contributed by atoms with Crippen molar-refractivity contribution in [3.05, 3.63) is 0 Å². The van der Waals surface area contributed by atoms with Crippen molar-refractivity contribution < 1.29 is 23.9 Å². The summed E-state index contributed by atoms with van der Waals surface area (Å²) in [7, 11) is 1.86. The van der Waals surface area contributed by atoms with Crippen LogP contribution in [0.3, 0.4) is 0 Å². The van der Waals surface area contributed by atoms with E-state index in [2.05, 4.69) is 10.6 Å². The second-order valence-corrected chi connectivity index (χ2v) is 9.40. The number of nitrogens with zero attached hydrogens (tertiary/aromatic N) is 2. The number of carbonyl (C=O) groups excluding carboxylic acids is 4. The Labute approximate surface area is 172 Å². The van der Waals surface area contributed by atoms with Crippen LogP contribution in [0.2, 0.25) is 0 Å². The molecule has 9 heteroatoms. The third-order valence-electron chi connectivity index (χ3n) is 5.23. The summed E-state index contributed by atoms with van der Waals surface area (Å²) < 4.78 is 5.23. The van der Waals surface area contributed by atoms with Gasteiger partial charge in [-0.1, -0.05) is 0 Å². The van der Waals surface area contributed by atoms with Crippen LogP contribution in [-0.4, -0.2) is 77.0 Å². The minimum atomic E-state index is -1.25. The Hall–Kier alpha value is -2.16. The largest absolute Gasteiger partial charge is 0.444 e. The van der Waals surface area contributed by atoms with Gasteiger partial charge in [0.1, 0.15) is 17.2 Å². The Bertz CT molecular complexity index is 670. The molecule has 2 fully saturated rings. The molecule has 0 aromatic heterocycles. The Balaban J connectivity index is 2.00. The second kappa shape index (κ2) is 8.69. The quantitative estimate of drug-likeness (QED) is 0.670. The first-order valence-electron chi connectivity index (χ1n) is 10.2. The SMILES string of the molecule is CN1CCC[C@H]1C(=O)NC(=O)[C@@H]1CCCN1C(=O)C(C)(C)NC(=O)OC(C)(C)C. The molecule has 0 aromatic carbocycles. The van der Waals surface area contributed by atoms with Crippen LogP contribution in [-0.2, 0) is 19.1 Å². The molecule has 2 atom stereocenters. The van der Waals surface area contributed by atoms with E-state index in [0.29, 0.717) is 19.4 Å². The van der Waals surface area contributed by atoms with Crippen LogP contribution in [0.1, 0.15) is 60.3 Å². The molecular formula is C20H34N4O5. The molecule has 2 saturated heterocycles. The number of rotatable bonds is 4. The summed E-state index contributed by atoms with van der Waals surface area (Å²) in [5.41, 5.74) is -1.94. The maximum absolute atomic E-state index is 13.1. The van der Waals surface area contributed by atoms with Crippen LogP contribution in [0.25, 0.3) is 0 Å². The average molecular weight is 411 g/mol. The fourth-order valence-electron chi connectivity index (χ4n) is 3.78. The first-order chi connectivity index (χ1) is 13.3. The lowest BCUT2D eigenvalue weighted by atomic mass is 10.0. The zero-order valence-electron chi connectivity index (χ0n) is 18.3. The fourth-order valence-corrected chi connectivity index (χ4v) is 3.78. The molecule has 0 radical (unpaired) electrons. The van der Waals surface area contributed by atoms with Crippen LogP contribution in [0, 0.1) is 0 Å². The minimum Gasteiger partial charge on any atom is -0.444 e. The maximum atomic E-state index is 13.1. The number of amides is 4. The molecule has 2 aliphatic heterocycles. The van der Waals surface area contributed by atoms with Gasteiger partial charge in [-0.2, -0.15) is 0 Å². The van der Waals surface area contributed by atoms with Gasteiger partial charge in [0.15, 0.2) is 0 Å². The number of likely N-dealkylation sites (tertiary alicyclic amines) is 2. The number of imide groups is 1. The normalized spacial score (nSPS) is 23.0. The predicted molar refractivity (Wildman–Crippen MR) is 107 cm³/mol. The lowest BCUT2D eigenvalue weighted by Gasteiger charge is -2.33. The molecule has 2 N–H and O–H groups in total. The Kier molecular flexibility index (Phi) is 6.93. The van der Waals surface area contributed by atoms with Gasteiger partial charge in [0.25, 0.3) is 0 Å². The van der Waals surface area contributed by atoms with Crippen LogP contribution < -0.4 is 10.6 Å². The van der Waals surface area contributed by atoms with Crippen LogP contribution in [0.5, 0.6) is 0 Å². The summed E-state index contributed by atoms with van der Waals surface area (Å²) in [5.74, 6) is -1.17. The van der Waals surface area contributed by atoms with Gasteiger partial charge in [0.05, 0.1) is 6.04 Å². The van der Waals surface area contributed by atoms with Crippen molar-refractivity contribution in [2.24, 2.45) is 0 Å². The molecule has 2 heterocycles. The van der Waals surface area contributed by atoms with Gasteiger partial charge in [-0.25, -0.2) is 4.79 Å². The molecule has 0 bridgehead atoms. The van der Waals surface area contributed by atoms with Crippen molar-refractivity contribution in [1.82, 2.24) is 20.4 Å². The van der Waals surface area contributed by atoms with Crippen LogP contribution >= 0.6 is 0 Å². The summed E-state index contributed by atoms with van der Waals surface area (Å²) in [4.78, 5) is 53.7. The van der Waals surface area contributed by atoms with Crippen molar-refractivity contribution in [1.29, 1.82) is 0 Å². The Morgan fingerprint density at radius 1 is 0.897 bits per heavy atom. The summed E-state index contributed by atoms with van der Waals surface area (Å²) >= 11 is 0. The minimum absolute atomic E-state index is 0.310. The van der Waals surface area contributed by atoms with E-state index in [0.717, 1.165) is 19.4 Å². The van der Waals surface area contributed by atoms with E-state index in [-0.39, 0.29) is 17.9 Å². The highest BCUT2D eigenvalue weighted by Crippen LogP contribution is 2.23. The smallest absolute Gasteiger partial charge is 0.408 e. The number of ether oxygens (including phenoxy) is 1. The van der Waals surface area contributed by atoms with Gasteiger partial charge >= 0.3 is 6.09 Å². The fraction of sp³-hybridized carbons (Fsp3) is 0.800. The zero-order valence-corrected chi connectivity index (χ0v) is 18.3. The molecule has 0 unspecified atom stereocenters. The van der Waals surface area contributed by atoms with Crippen molar-refractivity contribution in [3.63, 3.8) is 0 Å². The van der Waals surface area contributed by atoms with Crippen molar-refractivity contribution in [2.75, 3.05) is 20.1 Å². The van der Waals surface area contributed by atoms with E-state index in [1.54, 1.807) is 34.6 Å². The van der Waals surface area contributed by atoms with E-state index in [9.17, 15) is 19.2 Å². The number of hydrogen-bond donors (Lipinski definition) is 2. The van der Waals surface area contributed by atoms with Crippen molar-refractivity contribution >= 4 is 23.8 Å². The van der Waals surface area contributed by atoms with E-state index in [1.807, 2.05) is 11.9 Å². The number of carbonyl (C=O) groups is 4. The number of alkyl carbamates (subject to hydrolysis) is 1. The lowest BCUT2D eigenvalue weighted by Crippen LogP contribution is -2.60. The molecule has 2 rings (SSSR count). The van der Waals surface area contributed by atoms with E-state index in [1.165, 1.54) is 4.90 Å². The van der Waals surface area contributed by atoms with Crippen LogP contribution in [0.4, 0.5) is 4.79 Å². The standard InChI is InChI=1S/C20H34N4O5/c1-19(2,3)29-18(28)22-20(4,5)17(27)24-12-8-10-14(24)16(26)21-15(25)13-9-7-11-23(13)6/h13-14H,7-12H2,1-6H3,(H,22,28)(H,21,25,26)/t13-,14-/m0/s1. The molecule has 0 aromatic rings. The maximum Gasteiger partial charge on any atom is 0.408 e. The number of nitrogens with one attached hydrogen (secondary N) is 2. The van der Waals surface area contributed by atoms with Crippen molar-refractivity contribution in [3.8, 4) is 0 Å². The highest BCUT2D eigenvalue weighted by Gasteiger charge is 2.43. The van der Waals surface area contributed by atoms with E-state index in [4.69, 9.17) is 4.74 Å². The Morgan fingerprint density at radius 2 is 1.45 bits per heavy atom. The molecule has 4 amide bonds. The highest BCUT2D eigenvalue weighted by atomic mass is 16.6. The van der Waals surface area contributed by atoms with Gasteiger partial charge in [0, 0.05) is 6.54 Å². The number of likely N-dealkylation sites (N-methyl/N-ethyl adjacent to an activating group) is 1. The summed E-state index contributed by atoms with van der Waals surface area (Å²) in [6, 6.07) is -1.03. The van der Waals surface area contributed by atoms with Crippen molar-refractivity contribution in [2.45, 2.75) is 83.5 Å².